The lowest BCUT2D eigenvalue weighted by Gasteiger charge is -2.39. The largest absolute Gasteiger partial charge is 0.368 e. The van der Waals surface area contributed by atoms with Gasteiger partial charge in [-0.25, -0.2) is 12.7 Å². The summed E-state index contributed by atoms with van der Waals surface area (Å²) in [6, 6.07) is 13.8. The Hall–Kier alpha value is -1.90. The Bertz CT molecular complexity index is 1110. The van der Waals surface area contributed by atoms with Crippen LogP contribution in [-0.4, -0.2) is 62.8 Å². The van der Waals surface area contributed by atoms with Gasteiger partial charge in [-0.05, 0) is 61.6 Å². The average Bonchev–Trinajstić information content (AvgIpc) is 2.80. The minimum absolute atomic E-state index is 0.00854. The number of piperazine rings is 1. The average molecular weight is 535 g/mol. The van der Waals surface area contributed by atoms with E-state index in [0.717, 1.165) is 23.1 Å². The predicted molar refractivity (Wildman–Crippen MR) is 136 cm³/mol. The summed E-state index contributed by atoms with van der Waals surface area (Å²) in [5.74, 6) is 0.0833. The van der Waals surface area contributed by atoms with Crippen molar-refractivity contribution < 1.29 is 13.2 Å². The van der Waals surface area contributed by atoms with Crippen molar-refractivity contribution in [3.63, 3.8) is 0 Å². The van der Waals surface area contributed by atoms with Gasteiger partial charge in [0.15, 0.2) is 0 Å². The van der Waals surface area contributed by atoms with Crippen molar-refractivity contribution in [3.8, 4) is 0 Å². The van der Waals surface area contributed by atoms with Crippen molar-refractivity contribution in [1.29, 1.82) is 0 Å². The first kappa shape index (κ1) is 24.2. The van der Waals surface area contributed by atoms with E-state index in [4.69, 9.17) is 0 Å². The topological polar surface area (TPSA) is 60.9 Å². The molecule has 2 aliphatic heterocycles. The van der Waals surface area contributed by atoms with Crippen LogP contribution in [0.5, 0.6) is 0 Å². The summed E-state index contributed by atoms with van der Waals surface area (Å²) in [6.45, 7) is 8.20. The lowest BCUT2D eigenvalue weighted by molar-refractivity contribution is -0.137. The summed E-state index contributed by atoms with van der Waals surface area (Å²) >= 11 is 3.40. The van der Waals surface area contributed by atoms with Crippen molar-refractivity contribution in [2.24, 2.45) is 5.92 Å². The van der Waals surface area contributed by atoms with Gasteiger partial charge in [0, 0.05) is 55.3 Å². The van der Waals surface area contributed by atoms with Gasteiger partial charge in [-0.3, -0.25) is 4.79 Å². The van der Waals surface area contributed by atoms with Gasteiger partial charge in [-0.15, -0.1) is 0 Å². The summed E-state index contributed by atoms with van der Waals surface area (Å²) < 4.78 is 28.2. The lowest BCUT2D eigenvalue weighted by Crippen LogP contribution is -2.52. The van der Waals surface area contributed by atoms with Gasteiger partial charge in [-0.2, -0.15) is 0 Å². The van der Waals surface area contributed by atoms with Crippen molar-refractivity contribution in [1.82, 2.24) is 9.21 Å². The first-order valence-electron chi connectivity index (χ1n) is 11.6. The number of carbonyl (C=O) groups is 1. The zero-order valence-electron chi connectivity index (χ0n) is 19.3. The number of halogens is 1. The molecule has 6 nitrogen and oxygen atoms in total. The summed E-state index contributed by atoms with van der Waals surface area (Å²) in [5, 5.41) is 0. The zero-order chi connectivity index (χ0) is 23.6. The summed E-state index contributed by atoms with van der Waals surface area (Å²) in [7, 11) is -3.39. The molecule has 8 heteroatoms. The van der Waals surface area contributed by atoms with E-state index >= 15 is 0 Å². The van der Waals surface area contributed by atoms with Crippen LogP contribution in [0.3, 0.4) is 0 Å². The Labute approximate surface area is 205 Å². The van der Waals surface area contributed by atoms with E-state index in [-0.39, 0.29) is 17.6 Å². The molecule has 2 aliphatic rings. The quantitative estimate of drug-likeness (QED) is 0.583. The van der Waals surface area contributed by atoms with Gasteiger partial charge in [0.2, 0.25) is 15.9 Å². The standard InChI is InChI=1S/C25H32BrN3O3S/c1-19-5-3-8-24(20(19)2)27-13-15-28(16-14-27)25(30)22-9-11-29(12-10-22)33(31,32)18-21-6-4-7-23(26)17-21/h3-8,17,22H,9-16,18H2,1-2H3. The van der Waals surface area contributed by atoms with E-state index in [9.17, 15) is 13.2 Å². The third kappa shape index (κ3) is 5.61. The highest BCUT2D eigenvalue weighted by atomic mass is 79.9. The molecule has 33 heavy (non-hydrogen) atoms. The number of rotatable bonds is 5. The van der Waals surface area contributed by atoms with Gasteiger partial charge in [0.25, 0.3) is 0 Å². The molecule has 2 saturated heterocycles. The second kappa shape index (κ2) is 10.2. The van der Waals surface area contributed by atoms with Crippen LogP contribution in [0.15, 0.2) is 46.9 Å². The molecule has 0 aliphatic carbocycles. The summed E-state index contributed by atoms with van der Waals surface area (Å²) in [6.07, 6.45) is 1.18. The number of amides is 1. The van der Waals surface area contributed by atoms with Crippen LogP contribution in [0.1, 0.15) is 29.5 Å². The van der Waals surface area contributed by atoms with Crippen LogP contribution in [0.4, 0.5) is 5.69 Å². The van der Waals surface area contributed by atoms with Crippen molar-refractivity contribution in [3.05, 3.63) is 63.6 Å². The molecule has 178 valence electrons. The van der Waals surface area contributed by atoms with Crippen LogP contribution in [0, 0.1) is 19.8 Å². The predicted octanol–water partition coefficient (Wildman–Crippen LogP) is 3.96. The molecular formula is C25H32BrN3O3S. The molecule has 2 aromatic carbocycles. The maximum atomic E-state index is 13.1. The number of sulfonamides is 1. The monoisotopic (exact) mass is 533 g/mol. The minimum atomic E-state index is -3.39. The molecule has 2 heterocycles. The number of benzene rings is 2. The van der Waals surface area contributed by atoms with E-state index in [1.165, 1.54) is 16.8 Å². The Morgan fingerprint density at radius 3 is 2.30 bits per heavy atom. The number of anilines is 1. The molecule has 0 radical (unpaired) electrons. The van der Waals surface area contributed by atoms with Crippen molar-refractivity contribution in [2.45, 2.75) is 32.4 Å². The Morgan fingerprint density at radius 2 is 1.64 bits per heavy atom. The van der Waals surface area contributed by atoms with Gasteiger partial charge >= 0.3 is 0 Å². The molecule has 2 fully saturated rings. The molecule has 2 aromatic rings. The molecule has 0 atom stereocenters. The minimum Gasteiger partial charge on any atom is -0.368 e. The number of hydrogen-bond donors (Lipinski definition) is 0. The van der Waals surface area contributed by atoms with Crippen LogP contribution in [-0.2, 0) is 20.6 Å². The van der Waals surface area contributed by atoms with Crippen molar-refractivity contribution in [2.75, 3.05) is 44.2 Å². The first-order chi connectivity index (χ1) is 15.7. The number of aryl methyl sites for hydroxylation is 1. The Kier molecular flexibility index (Phi) is 7.46. The molecule has 0 spiro atoms. The third-order valence-corrected chi connectivity index (χ3v) is 9.29. The summed E-state index contributed by atoms with van der Waals surface area (Å²) in [4.78, 5) is 17.5. The number of piperidine rings is 1. The molecule has 0 N–H and O–H groups in total. The number of hydrogen-bond acceptors (Lipinski definition) is 4. The number of carbonyl (C=O) groups excluding carboxylic acids is 1. The molecule has 0 unspecified atom stereocenters. The third-order valence-electron chi connectivity index (χ3n) is 6.94. The fourth-order valence-corrected chi connectivity index (χ4v) is 6.81. The van der Waals surface area contributed by atoms with Gasteiger partial charge in [0.05, 0.1) is 5.75 Å². The highest BCUT2D eigenvalue weighted by Gasteiger charge is 2.34. The Morgan fingerprint density at radius 1 is 0.970 bits per heavy atom. The molecule has 0 aromatic heterocycles. The highest BCUT2D eigenvalue weighted by molar-refractivity contribution is 9.10. The normalized spacial score (nSPS) is 18.5. The van der Waals surface area contributed by atoms with E-state index in [1.54, 1.807) is 4.31 Å². The fraction of sp³-hybridized carbons (Fsp3) is 0.480. The molecule has 4 rings (SSSR count). The fourth-order valence-electron chi connectivity index (χ4n) is 4.81. The first-order valence-corrected chi connectivity index (χ1v) is 14.0. The number of nitrogens with zero attached hydrogens (tertiary/aromatic N) is 3. The molecule has 0 bridgehead atoms. The second-order valence-electron chi connectivity index (χ2n) is 9.09. The molecule has 0 saturated carbocycles. The van der Waals surface area contributed by atoms with Gasteiger partial charge < -0.3 is 9.80 Å². The molecular weight excluding hydrogens is 502 g/mol. The maximum absolute atomic E-state index is 13.1. The lowest BCUT2D eigenvalue weighted by atomic mass is 9.96. The van der Waals surface area contributed by atoms with E-state index in [2.05, 4.69) is 52.9 Å². The van der Waals surface area contributed by atoms with Gasteiger partial charge in [0.1, 0.15) is 0 Å². The van der Waals surface area contributed by atoms with Crippen LogP contribution in [0.25, 0.3) is 0 Å². The van der Waals surface area contributed by atoms with Crippen LogP contribution < -0.4 is 4.90 Å². The van der Waals surface area contributed by atoms with Gasteiger partial charge in [-0.1, -0.05) is 40.2 Å². The van der Waals surface area contributed by atoms with Crippen LogP contribution in [0.2, 0.25) is 0 Å². The zero-order valence-corrected chi connectivity index (χ0v) is 21.7. The SMILES string of the molecule is Cc1cccc(N2CCN(C(=O)C3CCN(S(=O)(=O)Cc4cccc(Br)c4)CC3)CC2)c1C. The molecule has 1 amide bonds. The van der Waals surface area contributed by atoms with Crippen LogP contribution >= 0.6 is 15.9 Å². The Balaban J connectivity index is 1.29. The van der Waals surface area contributed by atoms with Crippen molar-refractivity contribution >= 4 is 37.5 Å². The summed E-state index contributed by atoms with van der Waals surface area (Å²) in [5.41, 5.74) is 4.61. The maximum Gasteiger partial charge on any atom is 0.225 e. The van der Waals surface area contributed by atoms with E-state index in [1.807, 2.05) is 29.2 Å². The smallest absolute Gasteiger partial charge is 0.225 e. The van der Waals surface area contributed by atoms with E-state index < -0.39 is 10.0 Å². The highest BCUT2D eigenvalue weighted by Crippen LogP contribution is 2.27. The second-order valence-corrected chi connectivity index (χ2v) is 12.0. The van der Waals surface area contributed by atoms with E-state index in [0.29, 0.717) is 39.0 Å².